The van der Waals surface area contributed by atoms with E-state index in [0.717, 1.165) is 0 Å². The summed E-state index contributed by atoms with van der Waals surface area (Å²) in [6.07, 6.45) is -0.0352. The molecule has 39 heavy (non-hydrogen) atoms. The third kappa shape index (κ3) is 3.82. The Morgan fingerprint density at radius 3 is 2.46 bits per heavy atom. The van der Waals surface area contributed by atoms with Gasteiger partial charge in [-0.05, 0) is 60.6 Å². The Morgan fingerprint density at radius 1 is 1.10 bits per heavy atom. The number of carbonyl (C=O) groups is 4. The van der Waals surface area contributed by atoms with Crippen LogP contribution in [0, 0.1) is 11.8 Å². The van der Waals surface area contributed by atoms with Crippen LogP contribution in [0.15, 0.2) is 47.2 Å². The fourth-order valence-corrected chi connectivity index (χ4v) is 6.24. The van der Waals surface area contributed by atoms with Gasteiger partial charge in [0.1, 0.15) is 34.4 Å². The third-order valence-electron chi connectivity index (χ3n) is 7.98. The van der Waals surface area contributed by atoms with Gasteiger partial charge in [0.2, 0.25) is 5.78 Å². The van der Waals surface area contributed by atoms with E-state index in [1.54, 1.807) is 24.3 Å². The summed E-state index contributed by atoms with van der Waals surface area (Å²) in [4.78, 5) is 49.8. The van der Waals surface area contributed by atoms with Crippen LogP contribution in [-0.2, 0) is 32.0 Å². The largest absolute Gasteiger partial charge is 0.508 e. The van der Waals surface area contributed by atoms with E-state index in [-0.39, 0.29) is 48.4 Å². The Morgan fingerprint density at radius 2 is 1.82 bits per heavy atom. The quantitative estimate of drug-likeness (QED) is 0.360. The summed E-state index contributed by atoms with van der Waals surface area (Å²) < 4.78 is 5.39. The summed E-state index contributed by atoms with van der Waals surface area (Å²) in [6.45, 7) is 1.47. The molecular formula is C29H27NO9. The van der Waals surface area contributed by atoms with Crippen LogP contribution in [0.1, 0.15) is 36.5 Å². The monoisotopic (exact) mass is 533 g/mol. The number of phenolic OH excluding ortho intramolecular Hbond substituents is 1. The molecule has 0 aliphatic heterocycles. The number of aromatic hydroxyl groups is 1. The lowest BCUT2D eigenvalue weighted by molar-refractivity contribution is -0.147. The van der Waals surface area contributed by atoms with Gasteiger partial charge in [-0.3, -0.25) is 19.2 Å². The molecule has 1 fully saturated rings. The number of methoxy groups -OCH3 is 1. The van der Waals surface area contributed by atoms with E-state index in [9.17, 15) is 39.6 Å². The highest BCUT2D eigenvalue weighted by Crippen LogP contribution is 2.53. The first-order valence-corrected chi connectivity index (χ1v) is 12.4. The number of phenols is 1. The number of hydrogen-bond acceptors (Lipinski definition) is 9. The van der Waals surface area contributed by atoms with Crippen molar-refractivity contribution in [1.29, 1.82) is 0 Å². The Bertz CT molecular complexity index is 1550. The molecule has 3 aliphatic carbocycles. The van der Waals surface area contributed by atoms with Gasteiger partial charge in [-0.2, -0.15) is 0 Å². The zero-order chi connectivity index (χ0) is 28.4. The van der Waals surface area contributed by atoms with E-state index in [1.807, 2.05) is 0 Å². The van der Waals surface area contributed by atoms with Gasteiger partial charge in [0.15, 0.2) is 11.4 Å². The van der Waals surface area contributed by atoms with Gasteiger partial charge in [-0.25, -0.2) is 0 Å². The molecule has 2 aromatic rings. The summed E-state index contributed by atoms with van der Waals surface area (Å²) >= 11 is 0. The van der Waals surface area contributed by atoms with Gasteiger partial charge in [0.25, 0.3) is 5.91 Å². The van der Waals surface area contributed by atoms with Crippen LogP contribution in [-0.4, -0.2) is 56.4 Å². The van der Waals surface area contributed by atoms with Crippen LogP contribution < -0.4 is 10.5 Å². The molecule has 5 rings (SSSR count). The van der Waals surface area contributed by atoms with Crippen molar-refractivity contribution >= 4 is 29.0 Å². The van der Waals surface area contributed by atoms with Crippen molar-refractivity contribution in [2.45, 2.75) is 38.2 Å². The number of carbonyl (C=O) groups excluding carboxylic acids is 4. The van der Waals surface area contributed by atoms with Gasteiger partial charge in [0, 0.05) is 29.9 Å². The minimum absolute atomic E-state index is 0.00330. The SMILES string of the molecule is COc1ccc(-c2ccc(O)c3c2C[C@H]2C[C@H]4CC(=O)C(C(N)=O)=C(O)[C@@]4(O)C(=O)C2=C3O)cc1CC(C)=O. The number of aliphatic hydroxyl groups excluding tert-OH is 2. The number of rotatable bonds is 5. The lowest BCUT2D eigenvalue weighted by Gasteiger charge is -2.46. The Hall–Kier alpha value is -4.44. The molecule has 0 radical (unpaired) electrons. The standard InChI is InChI=1S/C29H27NO9/c1-12(31)7-14-8-13(3-6-21(14)39-2)17-4-5-19(32)23-18(17)10-15-9-16-11-20(33)24(28(30)37)27(36)29(16,38)26(35)22(15)25(23)34/h3-6,8,15-16,32,34,36,38H,7,9-11H2,1-2H3,(H2,30,37)/t15-,16+,29+/m1/s1. The molecule has 0 saturated heterocycles. The Balaban J connectivity index is 1.68. The molecule has 1 saturated carbocycles. The van der Waals surface area contributed by atoms with Crippen molar-refractivity contribution in [2.24, 2.45) is 17.6 Å². The number of Topliss-reactive ketones (excluding diaryl/α,β-unsaturated/α-hetero) is 3. The van der Waals surface area contributed by atoms with Crippen molar-refractivity contribution in [3.63, 3.8) is 0 Å². The van der Waals surface area contributed by atoms with Crippen molar-refractivity contribution in [3.8, 4) is 22.6 Å². The first kappa shape index (κ1) is 26.2. The van der Waals surface area contributed by atoms with Gasteiger partial charge < -0.3 is 30.9 Å². The average molecular weight is 534 g/mol. The highest BCUT2D eigenvalue weighted by molar-refractivity contribution is 6.22. The van der Waals surface area contributed by atoms with Crippen molar-refractivity contribution in [2.75, 3.05) is 7.11 Å². The molecule has 1 amide bonds. The van der Waals surface area contributed by atoms with E-state index >= 15 is 0 Å². The molecule has 0 unspecified atom stereocenters. The van der Waals surface area contributed by atoms with Crippen molar-refractivity contribution < 1.29 is 44.3 Å². The number of ether oxygens (including phenoxy) is 1. The summed E-state index contributed by atoms with van der Waals surface area (Å²) in [5.74, 6) is -6.28. The van der Waals surface area contributed by atoms with E-state index < -0.39 is 52.0 Å². The average Bonchev–Trinajstić information content (AvgIpc) is 2.85. The van der Waals surface area contributed by atoms with E-state index in [0.29, 0.717) is 28.0 Å². The van der Waals surface area contributed by atoms with E-state index in [2.05, 4.69) is 0 Å². The molecule has 10 heteroatoms. The van der Waals surface area contributed by atoms with Gasteiger partial charge in [0.05, 0.1) is 12.7 Å². The second kappa shape index (κ2) is 9.09. The number of nitrogens with two attached hydrogens (primary N) is 1. The van der Waals surface area contributed by atoms with Crippen LogP contribution in [0.4, 0.5) is 0 Å². The second-order valence-corrected chi connectivity index (χ2v) is 10.3. The first-order chi connectivity index (χ1) is 18.4. The van der Waals surface area contributed by atoms with Crippen LogP contribution in [0.25, 0.3) is 16.9 Å². The normalized spacial score (nSPS) is 24.2. The maximum atomic E-state index is 13.7. The number of benzene rings is 2. The lowest BCUT2D eigenvalue weighted by Crippen LogP contribution is -2.58. The first-order valence-electron chi connectivity index (χ1n) is 12.4. The van der Waals surface area contributed by atoms with Crippen molar-refractivity contribution in [1.82, 2.24) is 0 Å². The molecule has 6 N–H and O–H groups in total. The van der Waals surface area contributed by atoms with Crippen molar-refractivity contribution in [3.05, 3.63) is 63.9 Å². The minimum atomic E-state index is -2.61. The fraction of sp³-hybridized carbons (Fsp3) is 0.310. The van der Waals surface area contributed by atoms with Gasteiger partial charge >= 0.3 is 0 Å². The van der Waals surface area contributed by atoms with Crippen LogP contribution in [0.5, 0.6) is 11.5 Å². The van der Waals surface area contributed by atoms with E-state index in [1.165, 1.54) is 20.1 Å². The molecule has 0 heterocycles. The molecular weight excluding hydrogens is 506 g/mol. The third-order valence-corrected chi connectivity index (χ3v) is 7.98. The predicted octanol–water partition coefficient (Wildman–Crippen LogP) is 2.23. The summed E-state index contributed by atoms with van der Waals surface area (Å²) in [7, 11) is 1.50. The summed E-state index contributed by atoms with van der Waals surface area (Å²) in [5.41, 5.74) is 4.12. The summed E-state index contributed by atoms with van der Waals surface area (Å²) in [5, 5.41) is 44.1. The molecule has 202 valence electrons. The number of hydrogen-bond donors (Lipinski definition) is 5. The zero-order valence-corrected chi connectivity index (χ0v) is 21.3. The topological polar surface area (TPSA) is 184 Å². The zero-order valence-electron chi connectivity index (χ0n) is 21.3. The molecule has 2 aromatic carbocycles. The second-order valence-electron chi connectivity index (χ2n) is 10.3. The highest BCUT2D eigenvalue weighted by Gasteiger charge is 2.60. The maximum Gasteiger partial charge on any atom is 0.255 e. The predicted molar refractivity (Wildman–Crippen MR) is 138 cm³/mol. The van der Waals surface area contributed by atoms with Gasteiger partial charge in [-0.15, -0.1) is 0 Å². The molecule has 0 bridgehead atoms. The van der Waals surface area contributed by atoms with Crippen LogP contribution in [0.2, 0.25) is 0 Å². The molecule has 0 aromatic heterocycles. The molecule has 10 nitrogen and oxygen atoms in total. The fourth-order valence-electron chi connectivity index (χ4n) is 6.24. The molecule has 3 atom stereocenters. The maximum absolute atomic E-state index is 13.7. The number of ketones is 3. The van der Waals surface area contributed by atoms with E-state index in [4.69, 9.17) is 10.5 Å². The number of amides is 1. The van der Waals surface area contributed by atoms with Crippen LogP contribution >= 0.6 is 0 Å². The number of primary amides is 1. The van der Waals surface area contributed by atoms with Crippen LogP contribution in [0.3, 0.4) is 0 Å². The lowest BCUT2D eigenvalue weighted by atomic mass is 9.59. The minimum Gasteiger partial charge on any atom is -0.508 e. The Labute approximate surface area is 223 Å². The molecule has 3 aliphatic rings. The van der Waals surface area contributed by atoms with Gasteiger partial charge in [-0.1, -0.05) is 12.1 Å². The number of aliphatic hydroxyl groups is 3. The highest BCUT2D eigenvalue weighted by atomic mass is 16.5. The summed E-state index contributed by atoms with van der Waals surface area (Å²) in [6, 6.07) is 8.34. The smallest absolute Gasteiger partial charge is 0.255 e. The molecule has 0 spiro atoms. The number of fused-ring (bicyclic) bond motifs is 3. The Kier molecular flexibility index (Phi) is 6.10.